The highest BCUT2D eigenvalue weighted by atomic mass is 32.2. The Bertz CT molecular complexity index is 755. The van der Waals surface area contributed by atoms with Gasteiger partial charge in [-0.1, -0.05) is 18.2 Å². The minimum atomic E-state index is -3.62. The molecule has 1 aromatic carbocycles. The van der Waals surface area contributed by atoms with Crippen LogP contribution in [0.5, 0.6) is 0 Å². The first-order chi connectivity index (χ1) is 10.6. The quantitative estimate of drug-likeness (QED) is 0.857. The van der Waals surface area contributed by atoms with Crippen LogP contribution in [0.15, 0.2) is 23.1 Å². The van der Waals surface area contributed by atoms with E-state index in [9.17, 15) is 13.2 Å². The van der Waals surface area contributed by atoms with Gasteiger partial charge in [0.15, 0.2) is 0 Å². The summed E-state index contributed by atoms with van der Waals surface area (Å²) < 4.78 is 27.6. The molecule has 1 aromatic rings. The minimum Gasteiger partial charge on any atom is -0.481 e. The van der Waals surface area contributed by atoms with Gasteiger partial charge in [0.1, 0.15) is 0 Å². The van der Waals surface area contributed by atoms with Crippen molar-refractivity contribution in [3.8, 4) is 0 Å². The number of carboxylic acids is 1. The number of sulfonamides is 1. The van der Waals surface area contributed by atoms with Crippen LogP contribution < -0.4 is 0 Å². The molecule has 0 bridgehead atoms. The molecule has 0 aliphatic carbocycles. The van der Waals surface area contributed by atoms with Crippen molar-refractivity contribution < 1.29 is 18.3 Å². The maximum Gasteiger partial charge on any atom is 0.307 e. The molecule has 0 atom stereocenters. The molecule has 1 aliphatic heterocycles. The van der Waals surface area contributed by atoms with Gasteiger partial charge in [0, 0.05) is 13.1 Å². The van der Waals surface area contributed by atoms with Gasteiger partial charge in [0.2, 0.25) is 10.0 Å². The lowest BCUT2D eigenvalue weighted by atomic mass is 9.97. The second-order valence-corrected chi connectivity index (χ2v) is 8.04. The monoisotopic (exact) mass is 337 g/mol. The third kappa shape index (κ3) is 3.48. The second kappa shape index (κ2) is 6.45. The van der Waals surface area contributed by atoms with Crippen molar-refractivity contribution in [2.24, 2.45) is 0 Å². The zero-order valence-electron chi connectivity index (χ0n) is 13.8. The molecule has 1 heterocycles. The Morgan fingerprint density at radius 3 is 2.30 bits per heavy atom. The van der Waals surface area contributed by atoms with Crippen LogP contribution in [-0.4, -0.2) is 36.9 Å². The summed E-state index contributed by atoms with van der Waals surface area (Å²) in [6.45, 7) is 10.1. The van der Waals surface area contributed by atoms with E-state index in [2.05, 4.69) is 6.58 Å². The van der Waals surface area contributed by atoms with E-state index in [-0.39, 0.29) is 11.3 Å². The predicted octanol–water partition coefficient (Wildman–Crippen LogP) is 2.58. The maximum atomic E-state index is 13.0. The van der Waals surface area contributed by atoms with Crippen LogP contribution >= 0.6 is 0 Å². The van der Waals surface area contributed by atoms with Gasteiger partial charge in [-0.05, 0) is 55.9 Å². The summed E-state index contributed by atoms with van der Waals surface area (Å²) >= 11 is 0. The summed E-state index contributed by atoms with van der Waals surface area (Å²) in [5.41, 5.74) is 3.68. The van der Waals surface area contributed by atoms with Gasteiger partial charge >= 0.3 is 5.97 Å². The van der Waals surface area contributed by atoms with Gasteiger partial charge in [0.25, 0.3) is 0 Å². The SMILES string of the molecule is C=C1CCN(S(=O)(=O)c2c(C)cc(C)c(CC(=O)O)c2C)CC1. The standard InChI is InChI=1S/C17H23NO4S/c1-11-5-7-18(8-6-11)23(21,22)17-13(3)9-12(2)15(14(17)4)10-16(19)20/h9H,1,5-8,10H2,2-4H3,(H,19,20). The predicted molar refractivity (Wildman–Crippen MR) is 89.1 cm³/mol. The number of aryl methyl sites for hydroxylation is 2. The number of carboxylic acid groups (broad SMARTS) is 1. The van der Waals surface area contributed by atoms with Crippen molar-refractivity contribution in [3.05, 3.63) is 40.5 Å². The molecule has 6 heteroatoms. The number of nitrogens with zero attached hydrogens (tertiary/aromatic N) is 1. The van der Waals surface area contributed by atoms with Gasteiger partial charge in [0.05, 0.1) is 11.3 Å². The molecule has 5 nitrogen and oxygen atoms in total. The molecule has 0 spiro atoms. The molecule has 1 saturated heterocycles. The van der Waals surface area contributed by atoms with E-state index in [4.69, 9.17) is 5.11 Å². The fraction of sp³-hybridized carbons (Fsp3) is 0.471. The third-order valence-corrected chi connectivity index (χ3v) is 6.60. The summed E-state index contributed by atoms with van der Waals surface area (Å²) in [4.78, 5) is 11.3. The maximum absolute atomic E-state index is 13.0. The van der Waals surface area contributed by atoms with Gasteiger partial charge in [-0.2, -0.15) is 4.31 Å². The lowest BCUT2D eigenvalue weighted by Gasteiger charge is -2.29. The van der Waals surface area contributed by atoms with Crippen LogP contribution in [0.3, 0.4) is 0 Å². The smallest absolute Gasteiger partial charge is 0.307 e. The Kier molecular flexibility index (Phi) is 4.96. The average molecular weight is 337 g/mol. The zero-order chi connectivity index (χ0) is 17.4. The molecule has 126 valence electrons. The van der Waals surface area contributed by atoms with Crippen LogP contribution in [0, 0.1) is 20.8 Å². The summed E-state index contributed by atoms with van der Waals surface area (Å²) in [6, 6.07) is 1.76. The molecule has 0 radical (unpaired) electrons. The highest BCUT2D eigenvalue weighted by Crippen LogP contribution is 2.31. The number of piperidine rings is 1. The van der Waals surface area contributed by atoms with E-state index >= 15 is 0 Å². The van der Waals surface area contributed by atoms with Crippen molar-refractivity contribution in [2.45, 2.75) is 44.9 Å². The molecule has 0 amide bonds. The zero-order valence-corrected chi connectivity index (χ0v) is 14.7. The Labute approximate surface area is 137 Å². The first-order valence-electron chi connectivity index (χ1n) is 7.63. The number of hydrogen-bond acceptors (Lipinski definition) is 3. The van der Waals surface area contributed by atoms with E-state index in [1.165, 1.54) is 4.31 Å². The van der Waals surface area contributed by atoms with Crippen LogP contribution in [0.25, 0.3) is 0 Å². The van der Waals surface area contributed by atoms with Gasteiger partial charge in [-0.3, -0.25) is 4.79 Å². The highest BCUT2D eigenvalue weighted by molar-refractivity contribution is 7.89. The van der Waals surface area contributed by atoms with Gasteiger partial charge < -0.3 is 5.11 Å². The largest absolute Gasteiger partial charge is 0.481 e. The summed E-state index contributed by atoms with van der Waals surface area (Å²) in [5.74, 6) is -0.960. The molecule has 1 aliphatic rings. The Morgan fingerprint density at radius 2 is 1.78 bits per heavy atom. The third-order valence-electron chi connectivity index (χ3n) is 4.42. The lowest BCUT2D eigenvalue weighted by molar-refractivity contribution is -0.136. The van der Waals surface area contributed by atoms with Crippen molar-refractivity contribution in [1.29, 1.82) is 0 Å². The van der Waals surface area contributed by atoms with Crippen molar-refractivity contribution in [1.82, 2.24) is 4.31 Å². The molecule has 0 unspecified atom stereocenters. The topological polar surface area (TPSA) is 74.7 Å². The van der Waals surface area contributed by atoms with Crippen LogP contribution in [0.2, 0.25) is 0 Å². The van der Waals surface area contributed by atoms with E-state index in [1.54, 1.807) is 19.9 Å². The highest BCUT2D eigenvalue weighted by Gasteiger charge is 2.31. The minimum absolute atomic E-state index is 0.169. The van der Waals surface area contributed by atoms with Crippen LogP contribution in [0.4, 0.5) is 0 Å². The molecule has 1 N–H and O–H groups in total. The molecule has 2 rings (SSSR count). The summed E-state index contributed by atoms with van der Waals surface area (Å²) in [7, 11) is -3.62. The number of carbonyl (C=O) groups is 1. The van der Waals surface area contributed by atoms with Crippen molar-refractivity contribution in [2.75, 3.05) is 13.1 Å². The van der Waals surface area contributed by atoms with E-state index < -0.39 is 16.0 Å². The lowest BCUT2D eigenvalue weighted by Crippen LogP contribution is -2.37. The molecule has 0 aromatic heterocycles. The fourth-order valence-electron chi connectivity index (χ4n) is 3.20. The first kappa shape index (κ1) is 17.7. The van der Waals surface area contributed by atoms with E-state index in [0.29, 0.717) is 42.6 Å². The Morgan fingerprint density at radius 1 is 1.22 bits per heavy atom. The number of aliphatic carboxylic acids is 1. The normalized spacial score (nSPS) is 16.6. The number of benzene rings is 1. The average Bonchev–Trinajstić information content (AvgIpc) is 2.43. The van der Waals surface area contributed by atoms with Gasteiger partial charge in [-0.25, -0.2) is 8.42 Å². The van der Waals surface area contributed by atoms with Crippen LogP contribution in [0.1, 0.15) is 35.1 Å². The Balaban J connectivity index is 2.53. The van der Waals surface area contributed by atoms with E-state index in [0.717, 1.165) is 11.1 Å². The number of hydrogen-bond donors (Lipinski definition) is 1. The van der Waals surface area contributed by atoms with Crippen molar-refractivity contribution >= 4 is 16.0 Å². The van der Waals surface area contributed by atoms with Crippen molar-refractivity contribution in [3.63, 3.8) is 0 Å². The second-order valence-electron chi connectivity index (χ2n) is 6.17. The Hall–Kier alpha value is -1.66. The molecule has 0 saturated carbocycles. The summed E-state index contributed by atoms with van der Waals surface area (Å²) in [5, 5.41) is 9.09. The first-order valence-corrected chi connectivity index (χ1v) is 9.07. The molecule has 23 heavy (non-hydrogen) atoms. The van der Waals surface area contributed by atoms with Crippen LogP contribution in [-0.2, 0) is 21.2 Å². The number of rotatable bonds is 4. The fourth-order valence-corrected chi connectivity index (χ4v) is 5.10. The molecular formula is C17H23NO4S. The molecular weight excluding hydrogens is 314 g/mol. The molecule has 1 fully saturated rings. The van der Waals surface area contributed by atoms with E-state index in [1.807, 2.05) is 6.92 Å². The van der Waals surface area contributed by atoms with Gasteiger partial charge in [-0.15, -0.1) is 0 Å². The summed E-state index contributed by atoms with van der Waals surface area (Å²) in [6.07, 6.45) is 1.17.